The van der Waals surface area contributed by atoms with Crippen LogP contribution in [0, 0.1) is 0 Å². The highest BCUT2D eigenvalue weighted by Gasteiger charge is 2.26. The van der Waals surface area contributed by atoms with Gasteiger partial charge in [-0.25, -0.2) is 0 Å². The molecule has 14 heteroatoms. The Hall–Kier alpha value is -2.23. The van der Waals surface area contributed by atoms with Gasteiger partial charge in [0.05, 0.1) is 9.79 Å². The fraction of sp³-hybridized carbons (Fsp3) is 0. The maximum Gasteiger partial charge on any atom is 0.298 e. The van der Waals surface area contributed by atoms with Gasteiger partial charge in [0.1, 0.15) is 16.4 Å². The lowest BCUT2D eigenvalue weighted by atomic mass is 10.0. The van der Waals surface area contributed by atoms with Crippen LogP contribution in [-0.2, 0) is 30.4 Å². The third kappa shape index (κ3) is 3.95. The van der Waals surface area contributed by atoms with Gasteiger partial charge in [-0.2, -0.15) is 25.3 Å². The van der Waals surface area contributed by atoms with E-state index in [9.17, 15) is 35.5 Å². The summed E-state index contributed by atoms with van der Waals surface area (Å²) in [4.78, 5) is -3.16. The summed E-state index contributed by atoms with van der Waals surface area (Å²) in [6.45, 7) is 0. The van der Waals surface area contributed by atoms with E-state index in [0.29, 0.717) is 12.1 Å². The number of benzene rings is 2. The second-order valence-electron chi connectivity index (χ2n) is 4.92. The molecule has 0 bridgehead atoms. The molecule has 0 amide bonds. The third-order valence-corrected chi connectivity index (χ3v) is 5.73. The molecule has 0 fully saturated rings. The van der Waals surface area contributed by atoms with Crippen LogP contribution in [0.4, 0.5) is 0 Å². The molecule has 0 aliphatic heterocycles. The van der Waals surface area contributed by atoms with E-state index in [2.05, 4.69) is 0 Å². The minimum absolute atomic E-state index is 0.257. The Kier molecular flexibility index (Phi) is 4.78. The smallest absolute Gasteiger partial charge is 0.298 e. The van der Waals surface area contributed by atoms with E-state index in [1.807, 2.05) is 0 Å². The molecule has 11 nitrogen and oxygen atoms in total. The van der Waals surface area contributed by atoms with Gasteiger partial charge < -0.3 is 10.2 Å². The van der Waals surface area contributed by atoms with Crippen LogP contribution < -0.4 is 0 Å². The maximum absolute atomic E-state index is 11.3. The zero-order valence-electron chi connectivity index (χ0n) is 12.3. The predicted octanol–water partition coefficient (Wildman–Crippen LogP) is 0.505. The van der Waals surface area contributed by atoms with Crippen LogP contribution in [0.1, 0.15) is 0 Å². The van der Waals surface area contributed by atoms with Gasteiger partial charge in [0, 0.05) is 11.1 Å². The van der Waals surface area contributed by atoms with Crippen molar-refractivity contribution in [3.63, 3.8) is 0 Å². The molecule has 0 radical (unpaired) electrons. The molecule has 2 aromatic rings. The minimum atomic E-state index is -5.17. The fourth-order valence-corrected chi connectivity index (χ4v) is 3.77. The van der Waals surface area contributed by atoms with Gasteiger partial charge in [0.25, 0.3) is 30.4 Å². The first kappa shape index (κ1) is 20.1. The Balaban J connectivity index is 2.99. The summed E-state index contributed by atoms with van der Waals surface area (Å²) >= 11 is 0. The predicted molar refractivity (Wildman–Crippen MR) is 84.7 cm³/mol. The molecular formula is C12H10O11S3. The van der Waals surface area contributed by atoms with Crippen molar-refractivity contribution >= 4 is 30.4 Å². The van der Waals surface area contributed by atoms with Crippen molar-refractivity contribution in [1.82, 2.24) is 0 Å². The molecule has 2 aromatic carbocycles. The van der Waals surface area contributed by atoms with Crippen LogP contribution >= 0.6 is 0 Å². The molecular weight excluding hydrogens is 416 g/mol. The SMILES string of the molecule is O=S(=O)(O)c1ccc(O)c(-c2cc(S(=O)(=O)O)cc(S(=O)(=O)O)c2O)c1. The van der Waals surface area contributed by atoms with Gasteiger partial charge in [0.2, 0.25) is 0 Å². The summed E-state index contributed by atoms with van der Waals surface area (Å²) in [6.07, 6.45) is 0. The molecule has 26 heavy (non-hydrogen) atoms. The number of hydrogen-bond donors (Lipinski definition) is 5. The van der Waals surface area contributed by atoms with Crippen LogP contribution in [0.15, 0.2) is 45.0 Å². The number of aromatic hydroxyl groups is 2. The average Bonchev–Trinajstić information content (AvgIpc) is 2.44. The summed E-state index contributed by atoms with van der Waals surface area (Å²) in [7, 11) is -15.0. The summed E-state index contributed by atoms with van der Waals surface area (Å²) in [6, 6.07) is 2.95. The molecule has 142 valence electrons. The van der Waals surface area contributed by atoms with Gasteiger partial charge in [-0.3, -0.25) is 13.7 Å². The molecule has 0 heterocycles. The van der Waals surface area contributed by atoms with Crippen molar-refractivity contribution in [2.75, 3.05) is 0 Å². The monoisotopic (exact) mass is 426 g/mol. The summed E-state index contributed by atoms with van der Waals surface area (Å²) in [5.41, 5.74) is -1.36. The molecule has 0 atom stereocenters. The fourth-order valence-electron chi connectivity index (χ4n) is 2.02. The van der Waals surface area contributed by atoms with E-state index in [-0.39, 0.29) is 6.07 Å². The van der Waals surface area contributed by atoms with Gasteiger partial charge in [-0.1, -0.05) is 0 Å². The molecule has 0 unspecified atom stereocenters. The second-order valence-corrected chi connectivity index (χ2v) is 9.15. The normalized spacial score (nSPS) is 12.9. The van der Waals surface area contributed by atoms with Crippen molar-refractivity contribution < 1.29 is 49.1 Å². The Labute approximate surface area is 147 Å². The number of phenolic OH excluding ortho intramolecular Hbond substituents is 2. The summed E-state index contributed by atoms with van der Waals surface area (Å²) in [5.74, 6) is -1.97. The van der Waals surface area contributed by atoms with Crippen LogP contribution in [0.5, 0.6) is 11.5 Å². The Morgan fingerprint density at radius 2 is 1.12 bits per heavy atom. The molecule has 5 N–H and O–H groups in total. The van der Waals surface area contributed by atoms with Crippen molar-refractivity contribution in [3.05, 3.63) is 30.3 Å². The number of phenols is 2. The van der Waals surface area contributed by atoms with Crippen LogP contribution in [0.2, 0.25) is 0 Å². The van der Waals surface area contributed by atoms with Gasteiger partial charge in [-0.05, 0) is 30.3 Å². The maximum atomic E-state index is 11.3. The molecule has 0 spiro atoms. The van der Waals surface area contributed by atoms with E-state index in [1.165, 1.54) is 0 Å². The van der Waals surface area contributed by atoms with Crippen molar-refractivity contribution in [2.45, 2.75) is 14.7 Å². The van der Waals surface area contributed by atoms with E-state index in [1.54, 1.807) is 0 Å². The van der Waals surface area contributed by atoms with E-state index in [0.717, 1.165) is 12.1 Å². The Morgan fingerprint density at radius 1 is 0.615 bits per heavy atom. The number of hydrogen-bond acceptors (Lipinski definition) is 8. The van der Waals surface area contributed by atoms with E-state index >= 15 is 0 Å². The largest absolute Gasteiger partial charge is 0.507 e. The lowest BCUT2D eigenvalue weighted by molar-refractivity contribution is 0.441. The highest BCUT2D eigenvalue weighted by molar-refractivity contribution is 7.86. The Morgan fingerprint density at radius 3 is 1.58 bits per heavy atom. The lowest BCUT2D eigenvalue weighted by Gasteiger charge is -2.12. The van der Waals surface area contributed by atoms with E-state index < -0.39 is 67.7 Å². The molecule has 0 aliphatic carbocycles. The van der Waals surface area contributed by atoms with E-state index in [4.69, 9.17) is 13.7 Å². The van der Waals surface area contributed by atoms with Crippen LogP contribution in [0.25, 0.3) is 11.1 Å². The highest BCUT2D eigenvalue weighted by Crippen LogP contribution is 2.41. The third-order valence-electron chi connectivity index (χ3n) is 3.18. The zero-order chi connectivity index (χ0) is 20.1. The first-order valence-electron chi connectivity index (χ1n) is 6.25. The first-order chi connectivity index (χ1) is 11.6. The van der Waals surface area contributed by atoms with Gasteiger partial charge >= 0.3 is 0 Å². The highest BCUT2D eigenvalue weighted by atomic mass is 32.2. The topological polar surface area (TPSA) is 204 Å². The average molecular weight is 426 g/mol. The number of rotatable bonds is 4. The zero-order valence-corrected chi connectivity index (χ0v) is 14.7. The first-order valence-corrected chi connectivity index (χ1v) is 10.6. The molecule has 2 rings (SSSR count). The molecule has 0 aromatic heterocycles. The quantitative estimate of drug-likeness (QED) is 0.426. The van der Waals surface area contributed by atoms with Crippen LogP contribution in [-0.4, -0.2) is 49.1 Å². The molecule has 0 saturated heterocycles. The minimum Gasteiger partial charge on any atom is -0.507 e. The molecule has 0 saturated carbocycles. The summed E-state index contributed by atoms with van der Waals surface area (Å²) < 4.78 is 95.0. The van der Waals surface area contributed by atoms with Crippen molar-refractivity contribution in [2.24, 2.45) is 0 Å². The van der Waals surface area contributed by atoms with Gasteiger partial charge in [0.15, 0.2) is 0 Å². The van der Waals surface area contributed by atoms with Gasteiger partial charge in [-0.15, -0.1) is 0 Å². The summed E-state index contributed by atoms with van der Waals surface area (Å²) in [5, 5.41) is 19.9. The molecule has 0 aliphatic rings. The standard InChI is InChI=1S/C12H10O11S3/c13-10-2-1-6(24(15,16)17)3-8(10)9-4-7(25(18,19)20)5-11(12(9)14)26(21,22)23/h1-5,13-14H,(H,15,16,17)(H,18,19,20)(H,21,22,23). The van der Waals surface area contributed by atoms with Crippen molar-refractivity contribution in [1.29, 1.82) is 0 Å². The van der Waals surface area contributed by atoms with Crippen molar-refractivity contribution in [3.8, 4) is 22.6 Å². The second kappa shape index (κ2) is 6.19. The Bertz CT molecular complexity index is 1210. The lowest BCUT2D eigenvalue weighted by Crippen LogP contribution is -2.05. The van der Waals surface area contributed by atoms with Crippen LogP contribution in [0.3, 0.4) is 0 Å².